The fourth-order valence-corrected chi connectivity index (χ4v) is 3.82. The molecule has 2 N–H and O–H groups in total. The van der Waals surface area contributed by atoms with Gasteiger partial charge in [-0.1, -0.05) is 23.5 Å². The highest BCUT2D eigenvalue weighted by Crippen LogP contribution is 2.37. The molecule has 0 spiro atoms. The maximum Gasteiger partial charge on any atom is 0.499 e. The molecule has 2 amide bonds. The summed E-state index contributed by atoms with van der Waals surface area (Å²) in [4.78, 5) is 12.3. The second kappa shape index (κ2) is 16.9. The van der Waals surface area contributed by atoms with E-state index in [0.29, 0.717) is 69.2 Å². The van der Waals surface area contributed by atoms with Crippen molar-refractivity contribution in [2.75, 3.05) is 70.6 Å². The summed E-state index contributed by atoms with van der Waals surface area (Å²) < 4.78 is 93.3. The number of nitrogens with zero attached hydrogens (tertiary/aromatic N) is 2. The maximum absolute atomic E-state index is 13.0. The lowest BCUT2D eigenvalue weighted by molar-refractivity contribution is -0.360. The Morgan fingerprint density at radius 1 is 0.791 bits per heavy atom. The molecule has 17 heteroatoms. The summed E-state index contributed by atoms with van der Waals surface area (Å²) in [6, 6.07) is 10.3. The smallest absolute Gasteiger partial charge is 0.491 e. The van der Waals surface area contributed by atoms with Crippen LogP contribution in [0.5, 0.6) is 11.5 Å². The third-order valence-electron chi connectivity index (χ3n) is 5.09. The van der Waals surface area contributed by atoms with Gasteiger partial charge < -0.3 is 33.7 Å². The number of methoxy groups -OCH3 is 1. The highest BCUT2D eigenvalue weighted by Gasteiger charge is 2.61. The molecular weight excluding hydrogens is 607 g/mol. The monoisotopic (exact) mass is 636 g/mol. The van der Waals surface area contributed by atoms with Crippen molar-refractivity contribution in [3.63, 3.8) is 0 Å². The van der Waals surface area contributed by atoms with E-state index in [0.717, 1.165) is 35.6 Å². The molecule has 236 valence electrons. The number of carbonyl (C=O) groups is 1. The van der Waals surface area contributed by atoms with Gasteiger partial charge in [0.1, 0.15) is 23.1 Å². The third kappa shape index (κ3) is 11.9. The fourth-order valence-electron chi connectivity index (χ4n) is 3.08. The number of nitrogens with one attached hydrogen (secondary N) is 2. The van der Waals surface area contributed by atoms with E-state index in [2.05, 4.69) is 25.6 Å². The van der Waals surface area contributed by atoms with Crippen LogP contribution < -0.4 is 20.1 Å². The van der Waals surface area contributed by atoms with Crippen LogP contribution in [0, 0.1) is 0 Å². The molecule has 3 aromatic rings. The Kier molecular flexibility index (Phi) is 13.3. The highest BCUT2D eigenvalue weighted by molar-refractivity contribution is 7.18. The van der Waals surface area contributed by atoms with Gasteiger partial charge in [0.15, 0.2) is 0 Å². The molecule has 0 radical (unpaired) electrons. The Morgan fingerprint density at radius 2 is 1.42 bits per heavy atom. The lowest BCUT2D eigenvalue weighted by Gasteiger charge is -2.20. The Hall–Kier alpha value is -3.64. The molecule has 0 fully saturated rings. The van der Waals surface area contributed by atoms with Crippen LogP contribution in [0.2, 0.25) is 0 Å². The zero-order chi connectivity index (χ0) is 31.1. The van der Waals surface area contributed by atoms with Crippen LogP contribution in [0.4, 0.5) is 37.6 Å². The highest BCUT2D eigenvalue weighted by atomic mass is 32.1. The van der Waals surface area contributed by atoms with Crippen molar-refractivity contribution >= 4 is 28.2 Å². The minimum Gasteiger partial charge on any atom is -0.491 e. The van der Waals surface area contributed by atoms with Crippen LogP contribution in [0.3, 0.4) is 0 Å². The van der Waals surface area contributed by atoms with Crippen molar-refractivity contribution in [3.05, 3.63) is 48.5 Å². The van der Waals surface area contributed by atoms with Crippen molar-refractivity contribution in [3.8, 4) is 22.1 Å². The van der Waals surface area contributed by atoms with Crippen LogP contribution >= 0.6 is 11.3 Å². The van der Waals surface area contributed by atoms with Crippen LogP contribution in [0.25, 0.3) is 10.6 Å². The summed E-state index contributed by atoms with van der Waals surface area (Å²) >= 11 is 1.08. The van der Waals surface area contributed by atoms with Crippen LogP contribution in [-0.2, 0) is 18.9 Å². The molecule has 1 heterocycles. The average Bonchev–Trinajstić information content (AvgIpc) is 3.42. The maximum atomic E-state index is 13.0. The number of hydrogen-bond acceptors (Lipinski definition) is 10. The van der Waals surface area contributed by atoms with Gasteiger partial charge in [-0.3, -0.25) is 5.32 Å². The predicted molar refractivity (Wildman–Crippen MR) is 146 cm³/mol. The summed E-state index contributed by atoms with van der Waals surface area (Å²) in [6.45, 7) is 3.53. The number of alkyl halides is 5. The second-order valence-electron chi connectivity index (χ2n) is 8.34. The molecule has 3 rings (SSSR count). The van der Waals surface area contributed by atoms with Gasteiger partial charge in [0.05, 0.1) is 46.2 Å². The number of amides is 2. The molecule has 11 nitrogen and oxygen atoms in total. The van der Waals surface area contributed by atoms with Crippen LogP contribution in [0.1, 0.15) is 0 Å². The number of carbonyl (C=O) groups excluding carboxylic acids is 1. The first-order valence-corrected chi connectivity index (χ1v) is 13.5. The largest absolute Gasteiger partial charge is 0.499 e. The standard InChI is InChI=1S/C26H29F5N4O7S/c1-37-9-10-38-11-12-39-13-14-40-15-16-41-21-4-2-3-18(17-21)22-34-35-24(43-22)33-23(36)32-19-5-7-20(8-6-19)42-26(30,31)25(27,28)29/h2-8,17H,9-16H2,1H3,(H2,32,33,35,36). The van der Waals surface area contributed by atoms with Gasteiger partial charge in [0.25, 0.3) is 0 Å². The average molecular weight is 637 g/mol. The summed E-state index contributed by atoms with van der Waals surface area (Å²) in [5.41, 5.74) is 0.798. The SMILES string of the molecule is COCCOCCOCCOCCOc1cccc(-c2nnc(NC(=O)Nc3ccc(OC(F)(F)C(F)(F)F)cc3)s2)c1. The van der Waals surface area contributed by atoms with E-state index >= 15 is 0 Å². The predicted octanol–water partition coefficient (Wildman–Crippen LogP) is 5.46. The lowest BCUT2D eigenvalue weighted by Crippen LogP contribution is -2.41. The molecule has 0 bridgehead atoms. The summed E-state index contributed by atoms with van der Waals surface area (Å²) in [6.07, 6.45) is -11.2. The minimum atomic E-state index is -5.87. The Labute approximate surface area is 247 Å². The number of halogens is 5. The van der Waals surface area contributed by atoms with E-state index in [1.807, 2.05) is 0 Å². The molecule has 2 aromatic carbocycles. The number of urea groups is 1. The molecule has 0 saturated heterocycles. The van der Waals surface area contributed by atoms with Gasteiger partial charge in [0.2, 0.25) is 5.13 Å². The van der Waals surface area contributed by atoms with Gasteiger partial charge in [-0.15, -0.1) is 10.2 Å². The van der Waals surface area contributed by atoms with Gasteiger partial charge >= 0.3 is 18.3 Å². The minimum absolute atomic E-state index is 0.106. The Balaban J connectivity index is 1.38. The van der Waals surface area contributed by atoms with Crippen LogP contribution in [0.15, 0.2) is 48.5 Å². The summed E-state index contributed by atoms with van der Waals surface area (Å²) in [5.74, 6) is -0.157. The van der Waals surface area contributed by atoms with E-state index in [1.54, 1.807) is 31.4 Å². The van der Waals surface area contributed by atoms with E-state index in [-0.39, 0.29) is 10.8 Å². The molecule has 43 heavy (non-hydrogen) atoms. The number of benzene rings is 2. The normalized spacial score (nSPS) is 11.8. The Morgan fingerprint density at radius 3 is 2.05 bits per heavy atom. The molecule has 0 aliphatic heterocycles. The van der Waals surface area contributed by atoms with E-state index in [9.17, 15) is 26.7 Å². The van der Waals surface area contributed by atoms with Crippen molar-refractivity contribution in [1.29, 1.82) is 0 Å². The molecule has 1 aromatic heterocycles. The first kappa shape index (κ1) is 33.9. The lowest BCUT2D eigenvalue weighted by atomic mass is 10.2. The molecule has 0 unspecified atom stereocenters. The fraction of sp³-hybridized carbons (Fsp3) is 0.423. The number of aromatic nitrogens is 2. The van der Waals surface area contributed by atoms with E-state index < -0.39 is 24.1 Å². The van der Waals surface area contributed by atoms with Gasteiger partial charge in [-0.25, -0.2) is 4.79 Å². The number of ether oxygens (including phenoxy) is 6. The molecule has 0 aliphatic rings. The van der Waals surface area contributed by atoms with Gasteiger partial charge in [-0.2, -0.15) is 22.0 Å². The zero-order valence-corrected chi connectivity index (χ0v) is 23.6. The van der Waals surface area contributed by atoms with E-state index in [4.69, 9.17) is 23.7 Å². The summed E-state index contributed by atoms with van der Waals surface area (Å²) in [5, 5.41) is 13.5. The van der Waals surface area contributed by atoms with Gasteiger partial charge in [0, 0.05) is 18.4 Å². The molecule has 0 atom stereocenters. The summed E-state index contributed by atoms with van der Waals surface area (Å²) in [7, 11) is 1.61. The molecule has 0 saturated carbocycles. The third-order valence-corrected chi connectivity index (χ3v) is 5.97. The van der Waals surface area contributed by atoms with Gasteiger partial charge in [-0.05, 0) is 36.4 Å². The van der Waals surface area contributed by atoms with Crippen molar-refractivity contribution < 1.29 is 55.2 Å². The van der Waals surface area contributed by atoms with Crippen molar-refractivity contribution in [2.24, 2.45) is 0 Å². The van der Waals surface area contributed by atoms with E-state index in [1.165, 1.54) is 0 Å². The molecule has 0 aliphatic carbocycles. The second-order valence-corrected chi connectivity index (χ2v) is 9.32. The number of hydrogen-bond donors (Lipinski definition) is 2. The van der Waals surface area contributed by atoms with Crippen molar-refractivity contribution in [2.45, 2.75) is 12.3 Å². The van der Waals surface area contributed by atoms with Crippen molar-refractivity contribution in [1.82, 2.24) is 10.2 Å². The molecular formula is C26H29F5N4O7S. The zero-order valence-electron chi connectivity index (χ0n) is 22.8. The van der Waals surface area contributed by atoms with Crippen LogP contribution in [-0.4, -0.2) is 88.5 Å². The number of anilines is 2. The quantitative estimate of drug-likeness (QED) is 0.139. The first-order valence-electron chi connectivity index (χ1n) is 12.7. The first-order chi connectivity index (χ1) is 20.6. The Bertz CT molecular complexity index is 1270. The number of rotatable bonds is 18. The topological polar surface area (TPSA) is 122 Å².